The van der Waals surface area contributed by atoms with Crippen LogP contribution < -0.4 is 5.32 Å². The van der Waals surface area contributed by atoms with Crippen molar-refractivity contribution < 1.29 is 24.2 Å². The van der Waals surface area contributed by atoms with Gasteiger partial charge in [0.1, 0.15) is 5.60 Å². The molecule has 0 fully saturated rings. The summed E-state index contributed by atoms with van der Waals surface area (Å²) in [6.07, 6.45) is 0.632. The molecule has 0 bridgehead atoms. The van der Waals surface area contributed by atoms with Gasteiger partial charge in [-0.25, -0.2) is 4.79 Å². The smallest absolute Gasteiger partial charge is 0.407 e. The van der Waals surface area contributed by atoms with Crippen molar-refractivity contribution in [1.82, 2.24) is 5.32 Å². The minimum Gasteiger partial charge on any atom is -0.471 e. The van der Waals surface area contributed by atoms with Crippen LogP contribution in [0.3, 0.4) is 0 Å². The van der Waals surface area contributed by atoms with Gasteiger partial charge in [-0.3, -0.25) is 4.79 Å². The number of methoxy groups -OCH3 is 1. The normalized spacial score (nSPS) is 11.7. The van der Waals surface area contributed by atoms with Crippen LogP contribution >= 0.6 is 0 Å². The van der Waals surface area contributed by atoms with Gasteiger partial charge in [0.25, 0.3) is 6.47 Å². The van der Waals surface area contributed by atoms with Crippen molar-refractivity contribution in [2.24, 2.45) is 0 Å². The van der Waals surface area contributed by atoms with Crippen molar-refractivity contribution in [3.8, 4) is 0 Å². The molecular weight excluding hydrogens is 238 g/mol. The highest BCUT2D eigenvalue weighted by Crippen LogP contribution is 2.06. The molecule has 0 unspecified atom stereocenters. The van der Waals surface area contributed by atoms with Gasteiger partial charge >= 0.3 is 6.09 Å². The Hall–Kier alpha value is -1.30. The monoisotopic (exact) mass is 263 g/mol. The number of amides is 1. The lowest BCUT2D eigenvalue weighted by Gasteiger charge is -2.20. The van der Waals surface area contributed by atoms with Crippen LogP contribution in [-0.4, -0.2) is 43.0 Å². The Bertz CT molecular complexity index is 225. The van der Waals surface area contributed by atoms with E-state index in [9.17, 15) is 9.90 Å². The van der Waals surface area contributed by atoms with Crippen molar-refractivity contribution in [2.45, 2.75) is 52.2 Å². The number of carbonyl (C=O) groups is 2. The number of rotatable bonds is 5. The van der Waals surface area contributed by atoms with Gasteiger partial charge < -0.3 is 19.9 Å². The van der Waals surface area contributed by atoms with E-state index in [1.807, 2.05) is 6.92 Å². The van der Waals surface area contributed by atoms with Crippen LogP contribution in [0.4, 0.5) is 4.79 Å². The van der Waals surface area contributed by atoms with E-state index in [1.54, 1.807) is 20.8 Å². The fourth-order valence-electron chi connectivity index (χ4n) is 0.951. The highest BCUT2D eigenvalue weighted by atomic mass is 16.6. The Morgan fingerprint density at radius 3 is 2.28 bits per heavy atom. The number of hydrogen-bond donors (Lipinski definition) is 2. The number of aliphatic hydroxyl groups is 1. The number of aliphatic hydroxyl groups excluding tert-OH is 1. The zero-order valence-corrected chi connectivity index (χ0v) is 11.9. The molecular formula is C12H25NO5. The predicted octanol–water partition coefficient (Wildman–Crippen LogP) is 1.46. The largest absolute Gasteiger partial charge is 0.471 e. The van der Waals surface area contributed by atoms with Crippen LogP contribution in [0.25, 0.3) is 0 Å². The Morgan fingerprint density at radius 2 is 1.94 bits per heavy atom. The summed E-state index contributed by atoms with van der Waals surface area (Å²) < 4.78 is 8.87. The van der Waals surface area contributed by atoms with Gasteiger partial charge in [-0.15, -0.1) is 0 Å². The van der Waals surface area contributed by atoms with Gasteiger partial charge in [0.2, 0.25) is 0 Å². The minimum atomic E-state index is -0.486. The molecule has 6 heteroatoms. The van der Waals surface area contributed by atoms with Crippen molar-refractivity contribution in [3.05, 3.63) is 0 Å². The zero-order valence-electron chi connectivity index (χ0n) is 11.9. The van der Waals surface area contributed by atoms with E-state index in [4.69, 9.17) is 9.53 Å². The highest BCUT2D eigenvalue weighted by Gasteiger charge is 2.16. The molecule has 0 spiro atoms. The standard InChI is InChI=1S/C10H21NO3.C2H4O2/c1-5-6-8(12)7-11-9(13)14-10(2,3)4;1-4-2-3/h8,12H,5-7H2,1-4H3,(H,11,13);2H,1H3/t8-;/m0./s1. The van der Waals surface area contributed by atoms with Crippen LogP contribution in [0.1, 0.15) is 40.5 Å². The second-order valence-corrected chi connectivity index (χ2v) is 4.66. The van der Waals surface area contributed by atoms with E-state index in [0.29, 0.717) is 12.9 Å². The molecule has 0 aromatic rings. The van der Waals surface area contributed by atoms with E-state index in [2.05, 4.69) is 10.1 Å². The van der Waals surface area contributed by atoms with Gasteiger partial charge in [0.05, 0.1) is 13.2 Å². The van der Waals surface area contributed by atoms with E-state index < -0.39 is 17.8 Å². The fraction of sp³-hybridized carbons (Fsp3) is 0.833. The number of ether oxygens (including phenoxy) is 2. The Labute approximate surface area is 109 Å². The van der Waals surface area contributed by atoms with Gasteiger partial charge in [0.15, 0.2) is 0 Å². The molecule has 0 aromatic carbocycles. The van der Waals surface area contributed by atoms with Gasteiger partial charge in [-0.2, -0.15) is 0 Å². The van der Waals surface area contributed by atoms with Crippen LogP contribution in [0.5, 0.6) is 0 Å². The van der Waals surface area contributed by atoms with Crippen LogP contribution in [0.2, 0.25) is 0 Å². The maximum atomic E-state index is 11.1. The average Bonchev–Trinajstić information content (AvgIpc) is 2.25. The van der Waals surface area contributed by atoms with Crippen LogP contribution in [0, 0.1) is 0 Å². The lowest BCUT2D eigenvalue weighted by Crippen LogP contribution is -2.36. The maximum Gasteiger partial charge on any atom is 0.407 e. The Morgan fingerprint density at radius 1 is 1.44 bits per heavy atom. The third kappa shape index (κ3) is 17.1. The summed E-state index contributed by atoms with van der Waals surface area (Å²) in [6, 6.07) is 0. The van der Waals surface area contributed by atoms with Crippen molar-refractivity contribution in [3.63, 3.8) is 0 Å². The summed E-state index contributed by atoms with van der Waals surface area (Å²) in [7, 11) is 1.31. The Kier molecular flexibility index (Phi) is 11.5. The lowest BCUT2D eigenvalue weighted by molar-refractivity contribution is -0.126. The number of nitrogens with one attached hydrogen (secondary N) is 1. The second-order valence-electron chi connectivity index (χ2n) is 4.66. The summed E-state index contributed by atoms with van der Waals surface area (Å²) in [5, 5.41) is 11.8. The van der Waals surface area contributed by atoms with Crippen molar-refractivity contribution in [1.29, 1.82) is 0 Å². The summed E-state index contributed by atoms with van der Waals surface area (Å²) in [5.74, 6) is 0. The van der Waals surface area contributed by atoms with Gasteiger partial charge in [-0.05, 0) is 27.2 Å². The van der Waals surface area contributed by atoms with E-state index >= 15 is 0 Å². The van der Waals surface area contributed by atoms with Gasteiger partial charge in [-0.1, -0.05) is 13.3 Å². The minimum absolute atomic E-state index is 0.253. The highest BCUT2D eigenvalue weighted by molar-refractivity contribution is 5.67. The third-order valence-electron chi connectivity index (χ3n) is 1.60. The molecule has 0 aliphatic carbocycles. The first-order valence-electron chi connectivity index (χ1n) is 5.88. The SMILES string of the molecule is CCC[C@H](O)CNC(=O)OC(C)(C)C.COC=O. The predicted molar refractivity (Wildman–Crippen MR) is 68.2 cm³/mol. The number of carbonyl (C=O) groups excluding carboxylic acids is 2. The molecule has 108 valence electrons. The first-order valence-corrected chi connectivity index (χ1v) is 5.88. The molecule has 0 saturated carbocycles. The molecule has 0 radical (unpaired) electrons. The summed E-state index contributed by atoms with van der Waals surface area (Å²) in [4.78, 5) is 20.1. The molecule has 18 heavy (non-hydrogen) atoms. The molecule has 0 aromatic heterocycles. The fourth-order valence-corrected chi connectivity index (χ4v) is 0.951. The number of hydrogen-bond acceptors (Lipinski definition) is 5. The topological polar surface area (TPSA) is 84.9 Å². The second kappa shape index (κ2) is 10.8. The first kappa shape index (κ1) is 19.0. The van der Waals surface area contributed by atoms with E-state index in [1.165, 1.54) is 7.11 Å². The van der Waals surface area contributed by atoms with Gasteiger partial charge in [0, 0.05) is 6.54 Å². The number of alkyl carbamates (subject to hydrolysis) is 1. The molecule has 0 saturated heterocycles. The van der Waals surface area contributed by atoms with Crippen LogP contribution in [-0.2, 0) is 14.3 Å². The molecule has 0 rings (SSSR count). The molecule has 1 atom stereocenters. The Balaban J connectivity index is 0. The molecule has 1 amide bonds. The maximum absolute atomic E-state index is 11.1. The van der Waals surface area contributed by atoms with E-state index in [-0.39, 0.29) is 6.54 Å². The average molecular weight is 263 g/mol. The molecule has 6 nitrogen and oxygen atoms in total. The quantitative estimate of drug-likeness (QED) is 0.733. The first-order chi connectivity index (χ1) is 8.26. The van der Waals surface area contributed by atoms with E-state index in [0.717, 1.165) is 6.42 Å². The molecule has 0 heterocycles. The summed E-state index contributed by atoms with van der Waals surface area (Å²) in [6.45, 7) is 8.01. The lowest BCUT2D eigenvalue weighted by atomic mass is 10.2. The molecule has 0 aliphatic rings. The van der Waals surface area contributed by atoms with Crippen molar-refractivity contribution in [2.75, 3.05) is 13.7 Å². The summed E-state index contributed by atoms with van der Waals surface area (Å²) >= 11 is 0. The van der Waals surface area contributed by atoms with Crippen molar-refractivity contribution >= 4 is 12.6 Å². The molecule has 2 N–H and O–H groups in total. The third-order valence-corrected chi connectivity index (χ3v) is 1.60. The molecule has 0 aliphatic heterocycles. The van der Waals surface area contributed by atoms with Crippen LogP contribution in [0.15, 0.2) is 0 Å². The summed E-state index contributed by atoms with van der Waals surface area (Å²) in [5.41, 5.74) is -0.486. The zero-order chi connectivity index (χ0) is 14.6.